The van der Waals surface area contributed by atoms with E-state index in [2.05, 4.69) is 10.6 Å². The van der Waals surface area contributed by atoms with Crippen molar-refractivity contribution in [1.29, 1.82) is 0 Å². The van der Waals surface area contributed by atoms with Crippen LogP contribution in [0.4, 0.5) is 9.18 Å². The van der Waals surface area contributed by atoms with E-state index in [1.165, 1.54) is 23.5 Å². The Morgan fingerprint density at radius 3 is 2.71 bits per heavy atom. The van der Waals surface area contributed by atoms with Crippen molar-refractivity contribution < 1.29 is 28.3 Å². The molecule has 10 heteroatoms. The van der Waals surface area contributed by atoms with Crippen LogP contribution in [0.5, 0.6) is 0 Å². The zero-order valence-electron chi connectivity index (χ0n) is 18.7. The summed E-state index contributed by atoms with van der Waals surface area (Å²) in [4.78, 5) is 52.0. The fourth-order valence-electron chi connectivity index (χ4n) is 4.59. The third-order valence-electron chi connectivity index (χ3n) is 6.49. The van der Waals surface area contributed by atoms with Crippen LogP contribution in [-0.4, -0.2) is 47.4 Å². The Kier molecular flexibility index (Phi) is 6.97. The summed E-state index contributed by atoms with van der Waals surface area (Å²) in [5.41, 5.74) is -0.287. The van der Waals surface area contributed by atoms with Crippen molar-refractivity contribution in [1.82, 2.24) is 15.5 Å². The maximum atomic E-state index is 13.3. The van der Waals surface area contributed by atoms with Crippen molar-refractivity contribution in [2.45, 2.75) is 44.2 Å². The number of carbonyl (C=O) groups excluding carboxylic acids is 4. The van der Waals surface area contributed by atoms with Crippen LogP contribution < -0.4 is 10.6 Å². The molecule has 1 saturated carbocycles. The highest BCUT2D eigenvalue weighted by Gasteiger charge is 2.55. The standard InChI is InChI=1S/C24H26FN3O5S/c1-15-5-2-3-11-24(15)22(31)28(23(32)27-24)13-20(30)33-14-19(29)26-21(18-6-4-12-34-18)16-7-9-17(25)10-8-16/h4,6-10,12,15,21H,2-3,5,11,13-14H2,1H3,(H,26,29)(H,27,32)/t15-,21+,24-/m1/s1. The Morgan fingerprint density at radius 1 is 1.26 bits per heavy atom. The number of halogens is 1. The molecule has 1 spiro atoms. The van der Waals surface area contributed by atoms with Crippen molar-refractivity contribution in [2.75, 3.05) is 13.2 Å². The summed E-state index contributed by atoms with van der Waals surface area (Å²) in [7, 11) is 0. The lowest BCUT2D eigenvalue weighted by Gasteiger charge is -2.36. The van der Waals surface area contributed by atoms with E-state index in [0.717, 1.165) is 29.0 Å². The van der Waals surface area contributed by atoms with Crippen LogP contribution in [0.15, 0.2) is 41.8 Å². The molecule has 1 aromatic heterocycles. The van der Waals surface area contributed by atoms with E-state index in [0.29, 0.717) is 12.0 Å². The first-order valence-corrected chi connectivity index (χ1v) is 12.1. The van der Waals surface area contributed by atoms with Crippen molar-refractivity contribution >= 4 is 35.2 Å². The van der Waals surface area contributed by atoms with Crippen LogP contribution in [0.25, 0.3) is 0 Å². The number of esters is 1. The molecular formula is C24H26FN3O5S. The van der Waals surface area contributed by atoms with Gasteiger partial charge in [-0.2, -0.15) is 0 Å². The number of rotatable bonds is 7. The van der Waals surface area contributed by atoms with Gasteiger partial charge >= 0.3 is 12.0 Å². The molecule has 2 N–H and O–H groups in total. The van der Waals surface area contributed by atoms with Crippen molar-refractivity contribution in [3.8, 4) is 0 Å². The van der Waals surface area contributed by atoms with Gasteiger partial charge in [0.05, 0.1) is 6.04 Å². The van der Waals surface area contributed by atoms with Gasteiger partial charge in [0.15, 0.2) is 6.61 Å². The van der Waals surface area contributed by atoms with Crippen LogP contribution in [0.3, 0.4) is 0 Å². The predicted molar refractivity (Wildman–Crippen MR) is 122 cm³/mol. The molecule has 3 atom stereocenters. The second-order valence-corrected chi connectivity index (χ2v) is 9.65. The van der Waals surface area contributed by atoms with Crippen LogP contribution in [0.2, 0.25) is 0 Å². The number of imide groups is 1. The zero-order chi connectivity index (χ0) is 24.3. The summed E-state index contributed by atoms with van der Waals surface area (Å²) in [5, 5.41) is 7.42. The van der Waals surface area contributed by atoms with E-state index in [-0.39, 0.29) is 11.7 Å². The quantitative estimate of drug-likeness (QED) is 0.461. The number of nitrogens with zero attached hydrogens (tertiary/aromatic N) is 1. The highest BCUT2D eigenvalue weighted by molar-refractivity contribution is 7.10. The van der Waals surface area contributed by atoms with Gasteiger partial charge in [-0.1, -0.05) is 38.0 Å². The lowest BCUT2D eigenvalue weighted by Crippen LogP contribution is -2.54. The summed E-state index contributed by atoms with van der Waals surface area (Å²) >= 11 is 1.42. The lowest BCUT2D eigenvalue weighted by molar-refractivity contribution is -0.151. The Bertz CT molecular complexity index is 1070. The minimum atomic E-state index is -0.962. The van der Waals surface area contributed by atoms with Crippen molar-refractivity contribution in [2.24, 2.45) is 5.92 Å². The number of carbonyl (C=O) groups is 4. The minimum absolute atomic E-state index is 0.0230. The molecule has 0 radical (unpaired) electrons. The van der Waals surface area contributed by atoms with E-state index >= 15 is 0 Å². The monoisotopic (exact) mass is 487 g/mol. The third kappa shape index (κ3) is 4.82. The van der Waals surface area contributed by atoms with Gasteiger partial charge in [0.2, 0.25) is 0 Å². The van der Waals surface area contributed by atoms with Gasteiger partial charge in [-0.05, 0) is 47.9 Å². The van der Waals surface area contributed by atoms with Gasteiger partial charge in [0, 0.05) is 4.88 Å². The molecule has 2 heterocycles. The van der Waals surface area contributed by atoms with E-state index in [9.17, 15) is 23.6 Å². The molecular weight excluding hydrogens is 461 g/mol. The number of thiophene rings is 1. The molecule has 1 aliphatic heterocycles. The molecule has 1 saturated heterocycles. The molecule has 2 aliphatic rings. The summed E-state index contributed by atoms with van der Waals surface area (Å²) in [6.07, 6.45) is 3.19. The summed E-state index contributed by atoms with van der Waals surface area (Å²) < 4.78 is 18.4. The van der Waals surface area contributed by atoms with Gasteiger partial charge in [-0.15, -0.1) is 11.3 Å². The number of nitrogens with one attached hydrogen (secondary N) is 2. The average Bonchev–Trinajstić information content (AvgIpc) is 3.43. The minimum Gasteiger partial charge on any atom is -0.454 e. The molecule has 1 aromatic carbocycles. The fourth-order valence-corrected chi connectivity index (χ4v) is 5.39. The largest absolute Gasteiger partial charge is 0.454 e. The number of urea groups is 1. The number of hydrogen-bond donors (Lipinski definition) is 2. The van der Waals surface area contributed by atoms with Gasteiger partial charge in [-0.25, -0.2) is 9.18 Å². The van der Waals surface area contributed by atoms with Gasteiger partial charge in [0.1, 0.15) is 17.9 Å². The lowest BCUT2D eigenvalue weighted by atomic mass is 9.73. The zero-order valence-corrected chi connectivity index (χ0v) is 19.5. The molecule has 34 heavy (non-hydrogen) atoms. The van der Waals surface area contributed by atoms with Crippen LogP contribution in [0, 0.1) is 11.7 Å². The van der Waals surface area contributed by atoms with E-state index in [4.69, 9.17) is 4.74 Å². The maximum absolute atomic E-state index is 13.3. The second-order valence-electron chi connectivity index (χ2n) is 8.67. The van der Waals surface area contributed by atoms with Gasteiger partial charge in [-0.3, -0.25) is 19.3 Å². The van der Waals surface area contributed by atoms with Crippen LogP contribution in [0.1, 0.15) is 49.1 Å². The van der Waals surface area contributed by atoms with E-state index in [1.807, 2.05) is 24.4 Å². The Labute approximate surface area is 200 Å². The molecule has 2 fully saturated rings. The Balaban J connectivity index is 1.34. The van der Waals surface area contributed by atoms with Crippen LogP contribution in [-0.2, 0) is 19.1 Å². The molecule has 4 rings (SSSR count). The molecule has 2 aromatic rings. The summed E-state index contributed by atoms with van der Waals surface area (Å²) in [6.45, 7) is 0.792. The maximum Gasteiger partial charge on any atom is 0.326 e. The van der Waals surface area contributed by atoms with E-state index in [1.54, 1.807) is 12.1 Å². The highest BCUT2D eigenvalue weighted by atomic mass is 32.1. The molecule has 4 amide bonds. The van der Waals surface area contributed by atoms with E-state index < -0.39 is 48.5 Å². The number of benzene rings is 1. The Morgan fingerprint density at radius 2 is 2.03 bits per heavy atom. The fraction of sp³-hybridized carbons (Fsp3) is 0.417. The van der Waals surface area contributed by atoms with Crippen molar-refractivity contribution in [3.63, 3.8) is 0 Å². The smallest absolute Gasteiger partial charge is 0.326 e. The first-order chi connectivity index (χ1) is 16.3. The summed E-state index contributed by atoms with van der Waals surface area (Å²) in [5.74, 6) is -2.25. The number of amides is 4. The normalized spacial score (nSPS) is 23.0. The highest BCUT2D eigenvalue weighted by Crippen LogP contribution is 2.38. The SMILES string of the molecule is C[C@@H]1CCCC[C@@]12NC(=O)N(CC(=O)OCC(=O)N[C@@H](c1ccc(F)cc1)c1cccs1)C2=O. The second kappa shape index (κ2) is 9.92. The molecule has 8 nitrogen and oxygen atoms in total. The number of hydrogen-bond acceptors (Lipinski definition) is 6. The molecule has 0 bridgehead atoms. The first kappa shape index (κ1) is 23.9. The van der Waals surface area contributed by atoms with Gasteiger partial charge in [0.25, 0.3) is 11.8 Å². The van der Waals surface area contributed by atoms with Gasteiger partial charge < -0.3 is 15.4 Å². The summed E-state index contributed by atoms with van der Waals surface area (Å²) in [6, 6.07) is 8.28. The van der Waals surface area contributed by atoms with Crippen LogP contribution >= 0.6 is 11.3 Å². The third-order valence-corrected chi connectivity index (χ3v) is 7.43. The predicted octanol–water partition coefficient (Wildman–Crippen LogP) is 3.14. The molecule has 0 unspecified atom stereocenters. The Hall–Kier alpha value is -3.27. The molecule has 180 valence electrons. The molecule has 1 aliphatic carbocycles. The number of ether oxygens (including phenoxy) is 1. The topological polar surface area (TPSA) is 105 Å². The average molecular weight is 488 g/mol. The first-order valence-electron chi connectivity index (χ1n) is 11.2. The van der Waals surface area contributed by atoms with Crippen molar-refractivity contribution in [3.05, 3.63) is 58.0 Å².